The predicted octanol–water partition coefficient (Wildman–Crippen LogP) is 2.87. The lowest BCUT2D eigenvalue weighted by atomic mass is 10.2. The number of piperazine rings is 1. The van der Waals surface area contributed by atoms with Gasteiger partial charge in [0.1, 0.15) is 12.4 Å². The normalized spacial score (nSPS) is 13.9. The Morgan fingerprint density at radius 3 is 2.36 bits per heavy atom. The molecule has 11 heteroatoms. The largest absolute Gasteiger partial charge is 0.491 e. The lowest BCUT2D eigenvalue weighted by molar-refractivity contribution is -0.384. The molecule has 0 atom stereocenters. The number of halogens is 1. The maximum absolute atomic E-state index is 13.2. The van der Waals surface area contributed by atoms with E-state index in [1.54, 1.807) is 16.7 Å². The number of ether oxygens (including phenoxy) is 1. The summed E-state index contributed by atoms with van der Waals surface area (Å²) in [6, 6.07) is 13.4. The van der Waals surface area contributed by atoms with Gasteiger partial charge in [-0.05, 0) is 36.4 Å². The minimum Gasteiger partial charge on any atom is -0.491 e. The average molecular weight is 496 g/mol. The number of nitrogens with one attached hydrogen (secondary N) is 1. The van der Waals surface area contributed by atoms with E-state index in [2.05, 4.69) is 15.1 Å². The van der Waals surface area contributed by atoms with Crippen LogP contribution in [0.3, 0.4) is 0 Å². The lowest BCUT2D eigenvalue weighted by Gasteiger charge is -2.36. The van der Waals surface area contributed by atoms with Crippen LogP contribution in [0, 0.1) is 15.9 Å². The number of anilines is 2. The van der Waals surface area contributed by atoms with Crippen LogP contribution >= 0.6 is 0 Å². The summed E-state index contributed by atoms with van der Waals surface area (Å²) in [5.74, 6) is -0.493. The van der Waals surface area contributed by atoms with Crippen LogP contribution in [-0.2, 0) is 17.9 Å². The number of amides is 1. The maximum atomic E-state index is 13.2. The number of hydrogen-bond donors (Lipinski definition) is 1. The summed E-state index contributed by atoms with van der Waals surface area (Å²) in [5, 5.41) is 13.5. The number of benzene rings is 2. The molecular formula is C25H26FN5O5. The van der Waals surface area contributed by atoms with Gasteiger partial charge in [0, 0.05) is 68.0 Å². The Balaban J connectivity index is 1.43. The number of nitro groups is 1. The number of hydrogen-bond acceptors (Lipinski definition) is 7. The highest BCUT2D eigenvalue weighted by Gasteiger charge is 2.20. The fourth-order valence-corrected chi connectivity index (χ4v) is 4.10. The zero-order valence-corrected chi connectivity index (χ0v) is 19.7. The highest BCUT2D eigenvalue weighted by Crippen LogP contribution is 2.19. The Morgan fingerprint density at radius 2 is 1.75 bits per heavy atom. The maximum Gasteiger partial charge on any atom is 0.269 e. The Bertz CT molecular complexity index is 1290. The highest BCUT2D eigenvalue weighted by molar-refractivity contribution is 5.90. The number of pyridine rings is 1. The number of aromatic nitrogens is 1. The zero-order valence-electron chi connectivity index (χ0n) is 19.7. The second kappa shape index (κ2) is 11.0. The molecular weight excluding hydrogens is 469 g/mol. The summed E-state index contributed by atoms with van der Waals surface area (Å²) in [6.45, 7) is 3.33. The van der Waals surface area contributed by atoms with Gasteiger partial charge in [-0.1, -0.05) is 0 Å². The van der Waals surface area contributed by atoms with Crippen LogP contribution in [0.15, 0.2) is 65.6 Å². The minimum absolute atomic E-state index is 0.0695. The number of carbonyl (C=O) groups is 1. The van der Waals surface area contributed by atoms with Crippen molar-refractivity contribution >= 4 is 23.0 Å². The molecule has 0 spiro atoms. The summed E-state index contributed by atoms with van der Waals surface area (Å²) in [7, 11) is 1.40. The molecule has 2 heterocycles. The average Bonchev–Trinajstić information content (AvgIpc) is 2.87. The van der Waals surface area contributed by atoms with Gasteiger partial charge in [-0.25, -0.2) is 4.39 Å². The summed E-state index contributed by atoms with van der Waals surface area (Å²) < 4.78 is 20.1. The fourth-order valence-electron chi connectivity index (χ4n) is 4.10. The molecule has 1 aromatic heterocycles. The molecule has 1 aliphatic heterocycles. The Kier molecular flexibility index (Phi) is 7.59. The third-order valence-electron chi connectivity index (χ3n) is 6.03. The number of rotatable bonds is 8. The van der Waals surface area contributed by atoms with Gasteiger partial charge >= 0.3 is 0 Å². The van der Waals surface area contributed by atoms with Gasteiger partial charge in [0.25, 0.3) is 5.69 Å². The first-order chi connectivity index (χ1) is 17.3. The molecule has 3 aromatic rings. The third-order valence-corrected chi connectivity index (χ3v) is 6.03. The van der Waals surface area contributed by atoms with E-state index in [1.165, 1.54) is 55.8 Å². The molecule has 0 saturated carbocycles. The Hall–Kier alpha value is -4.25. The van der Waals surface area contributed by atoms with E-state index < -0.39 is 4.92 Å². The van der Waals surface area contributed by atoms with Crippen molar-refractivity contribution in [3.63, 3.8) is 0 Å². The van der Waals surface area contributed by atoms with E-state index in [4.69, 9.17) is 4.74 Å². The molecule has 0 radical (unpaired) electrons. The van der Waals surface area contributed by atoms with Crippen LogP contribution in [0.2, 0.25) is 0 Å². The van der Waals surface area contributed by atoms with Crippen LogP contribution in [0.1, 0.15) is 5.69 Å². The van der Waals surface area contributed by atoms with Crippen LogP contribution in [-0.4, -0.2) is 53.6 Å². The van der Waals surface area contributed by atoms with E-state index in [0.29, 0.717) is 17.9 Å². The number of nitro benzene ring substituents is 1. The van der Waals surface area contributed by atoms with Gasteiger partial charge in [0.05, 0.1) is 18.2 Å². The monoisotopic (exact) mass is 495 g/mol. The predicted molar refractivity (Wildman–Crippen MR) is 133 cm³/mol. The number of methoxy groups -OCH3 is 1. The summed E-state index contributed by atoms with van der Waals surface area (Å²) in [5.41, 5.74) is 1.71. The minimum atomic E-state index is -0.510. The standard InChI is InChI=1S/C25H26FN5O5/c1-36-24-16-30(17-25(33)27-19-4-8-21(9-5-19)31(34)35)22(14-23(24)32)15-28-10-12-29(13-11-28)20-6-2-18(26)3-7-20/h2-9,14,16H,10-13,15,17H2,1H3,(H,27,33). The second-order valence-electron chi connectivity index (χ2n) is 8.42. The van der Waals surface area contributed by atoms with Crippen molar-refractivity contribution < 1.29 is 18.8 Å². The molecule has 10 nitrogen and oxygen atoms in total. The van der Waals surface area contributed by atoms with Gasteiger partial charge in [0.2, 0.25) is 11.3 Å². The van der Waals surface area contributed by atoms with Gasteiger partial charge < -0.3 is 19.5 Å². The summed E-state index contributed by atoms with van der Waals surface area (Å²) in [6.07, 6.45) is 1.52. The van der Waals surface area contributed by atoms with Crippen molar-refractivity contribution in [1.82, 2.24) is 9.47 Å². The number of nitrogens with zero attached hydrogens (tertiary/aromatic N) is 4. The van der Waals surface area contributed by atoms with Crippen molar-refractivity contribution in [2.45, 2.75) is 13.1 Å². The van der Waals surface area contributed by atoms with E-state index in [0.717, 1.165) is 31.9 Å². The van der Waals surface area contributed by atoms with Crippen molar-refractivity contribution in [3.05, 3.63) is 92.6 Å². The van der Waals surface area contributed by atoms with E-state index in [1.807, 2.05) is 0 Å². The second-order valence-corrected chi connectivity index (χ2v) is 8.42. The molecule has 0 unspecified atom stereocenters. The molecule has 2 aromatic carbocycles. The molecule has 1 aliphatic rings. The molecule has 188 valence electrons. The summed E-state index contributed by atoms with van der Waals surface area (Å²) >= 11 is 0. The molecule has 1 fully saturated rings. The first-order valence-electron chi connectivity index (χ1n) is 11.4. The van der Waals surface area contributed by atoms with Crippen LogP contribution in [0.4, 0.5) is 21.5 Å². The first kappa shape index (κ1) is 24.9. The molecule has 1 saturated heterocycles. The molecule has 4 rings (SSSR count). The smallest absolute Gasteiger partial charge is 0.269 e. The lowest BCUT2D eigenvalue weighted by Crippen LogP contribution is -2.46. The first-order valence-corrected chi connectivity index (χ1v) is 11.4. The Labute approximate surface area is 206 Å². The van der Waals surface area contributed by atoms with Crippen molar-refractivity contribution in [3.8, 4) is 5.75 Å². The van der Waals surface area contributed by atoms with E-state index in [-0.39, 0.29) is 35.1 Å². The number of non-ortho nitro benzene ring substituents is 1. The SMILES string of the molecule is COc1cn(CC(=O)Nc2ccc([N+](=O)[O-])cc2)c(CN2CCN(c3ccc(F)cc3)CC2)cc1=O. The van der Waals surface area contributed by atoms with E-state index >= 15 is 0 Å². The van der Waals surface area contributed by atoms with Gasteiger partial charge in [-0.2, -0.15) is 0 Å². The van der Waals surface area contributed by atoms with Crippen LogP contribution < -0.4 is 20.4 Å². The number of carbonyl (C=O) groups excluding carboxylic acids is 1. The molecule has 36 heavy (non-hydrogen) atoms. The van der Waals surface area contributed by atoms with E-state index in [9.17, 15) is 24.1 Å². The quantitative estimate of drug-likeness (QED) is 0.378. The van der Waals surface area contributed by atoms with Gasteiger partial charge in [-0.3, -0.25) is 24.6 Å². The van der Waals surface area contributed by atoms with Crippen molar-refractivity contribution in [2.75, 3.05) is 43.5 Å². The fraction of sp³-hybridized carbons (Fsp3) is 0.280. The summed E-state index contributed by atoms with van der Waals surface area (Å²) in [4.78, 5) is 39.8. The van der Waals surface area contributed by atoms with Crippen LogP contribution in [0.5, 0.6) is 5.75 Å². The van der Waals surface area contributed by atoms with Crippen LogP contribution in [0.25, 0.3) is 0 Å². The molecule has 0 aliphatic carbocycles. The van der Waals surface area contributed by atoms with Gasteiger partial charge in [-0.15, -0.1) is 0 Å². The molecule has 1 N–H and O–H groups in total. The van der Waals surface area contributed by atoms with Gasteiger partial charge in [0.15, 0.2) is 5.75 Å². The van der Waals surface area contributed by atoms with Crippen molar-refractivity contribution in [2.24, 2.45) is 0 Å². The highest BCUT2D eigenvalue weighted by atomic mass is 19.1. The van der Waals surface area contributed by atoms with Crippen molar-refractivity contribution in [1.29, 1.82) is 0 Å². The molecule has 1 amide bonds. The molecule has 0 bridgehead atoms. The Morgan fingerprint density at radius 1 is 1.08 bits per heavy atom. The topological polar surface area (TPSA) is 110 Å². The third kappa shape index (κ3) is 6.05. The zero-order chi connectivity index (χ0) is 25.7.